The largest absolute Gasteiger partial charge is 0.380 e. The summed E-state index contributed by atoms with van der Waals surface area (Å²) in [6, 6.07) is 2.27. The summed E-state index contributed by atoms with van der Waals surface area (Å²) < 4.78 is 5.14. The van der Waals surface area contributed by atoms with E-state index >= 15 is 0 Å². The van der Waals surface area contributed by atoms with Gasteiger partial charge in [-0.25, -0.2) is 0 Å². The van der Waals surface area contributed by atoms with Gasteiger partial charge in [0.15, 0.2) is 0 Å². The number of ether oxygens (including phenoxy) is 1. The van der Waals surface area contributed by atoms with E-state index in [0.717, 1.165) is 26.3 Å². The summed E-state index contributed by atoms with van der Waals surface area (Å²) in [5.74, 6) is 0. The molecule has 0 aromatic rings. The fraction of sp³-hybridized carbons (Fsp3) is 0.900. The molecule has 1 saturated heterocycles. The van der Waals surface area contributed by atoms with Gasteiger partial charge in [-0.05, 0) is 13.8 Å². The second-order valence-corrected chi connectivity index (χ2v) is 4.90. The Labute approximate surface area is 80.1 Å². The SMILES string of the molecule is CC(C)(C#N)CNCC1(C)COC1. The van der Waals surface area contributed by atoms with Crippen LogP contribution in [0.5, 0.6) is 0 Å². The molecule has 1 aliphatic heterocycles. The standard InChI is InChI=1S/C10H18N2O/c1-9(2,4-11)5-12-6-10(3)7-13-8-10/h12H,5-8H2,1-3H3. The third-order valence-electron chi connectivity index (χ3n) is 2.32. The second-order valence-electron chi connectivity index (χ2n) is 4.90. The van der Waals surface area contributed by atoms with E-state index < -0.39 is 0 Å². The van der Waals surface area contributed by atoms with Crippen molar-refractivity contribution in [2.24, 2.45) is 10.8 Å². The van der Waals surface area contributed by atoms with Crippen molar-refractivity contribution in [1.29, 1.82) is 5.26 Å². The lowest BCUT2D eigenvalue weighted by Gasteiger charge is -2.38. The molecule has 1 heterocycles. The van der Waals surface area contributed by atoms with E-state index in [1.165, 1.54) is 0 Å². The molecule has 0 unspecified atom stereocenters. The van der Waals surface area contributed by atoms with Crippen molar-refractivity contribution in [3.8, 4) is 6.07 Å². The smallest absolute Gasteiger partial charge is 0.0697 e. The van der Waals surface area contributed by atoms with E-state index in [-0.39, 0.29) is 5.41 Å². The van der Waals surface area contributed by atoms with E-state index in [4.69, 9.17) is 10.00 Å². The Hall–Kier alpha value is -0.590. The normalized spacial score (nSPS) is 20.5. The molecule has 1 fully saturated rings. The predicted molar refractivity (Wildman–Crippen MR) is 51.2 cm³/mol. The van der Waals surface area contributed by atoms with Gasteiger partial charge < -0.3 is 10.1 Å². The van der Waals surface area contributed by atoms with Gasteiger partial charge in [0.1, 0.15) is 0 Å². The van der Waals surface area contributed by atoms with Crippen LogP contribution in [-0.2, 0) is 4.74 Å². The first-order chi connectivity index (χ1) is 5.97. The van der Waals surface area contributed by atoms with Crippen LogP contribution in [-0.4, -0.2) is 26.3 Å². The molecule has 0 radical (unpaired) electrons. The summed E-state index contributed by atoms with van der Waals surface area (Å²) >= 11 is 0. The number of hydrogen-bond acceptors (Lipinski definition) is 3. The Balaban J connectivity index is 2.18. The molecule has 0 spiro atoms. The summed E-state index contributed by atoms with van der Waals surface area (Å²) in [6.07, 6.45) is 0. The maximum absolute atomic E-state index is 8.78. The van der Waals surface area contributed by atoms with Gasteiger partial charge in [0.2, 0.25) is 0 Å². The second kappa shape index (κ2) is 3.65. The molecule has 0 saturated carbocycles. The molecular weight excluding hydrogens is 164 g/mol. The maximum atomic E-state index is 8.78. The Morgan fingerprint density at radius 3 is 2.54 bits per heavy atom. The van der Waals surface area contributed by atoms with Crippen LogP contribution in [0.25, 0.3) is 0 Å². The van der Waals surface area contributed by atoms with E-state index in [2.05, 4.69) is 18.3 Å². The van der Waals surface area contributed by atoms with Crippen LogP contribution in [0, 0.1) is 22.2 Å². The minimum absolute atomic E-state index is 0.263. The molecule has 1 N–H and O–H groups in total. The summed E-state index contributed by atoms with van der Waals surface area (Å²) in [5.41, 5.74) is 0.0342. The van der Waals surface area contributed by atoms with Crippen molar-refractivity contribution in [2.45, 2.75) is 20.8 Å². The Kier molecular flexibility index (Phi) is 2.94. The van der Waals surface area contributed by atoms with Crippen LogP contribution in [0.1, 0.15) is 20.8 Å². The summed E-state index contributed by atoms with van der Waals surface area (Å²) in [4.78, 5) is 0. The average Bonchev–Trinajstić information content (AvgIpc) is 2.01. The highest BCUT2D eigenvalue weighted by Gasteiger charge is 2.33. The van der Waals surface area contributed by atoms with Crippen molar-refractivity contribution in [3.63, 3.8) is 0 Å². The molecule has 0 aromatic carbocycles. The van der Waals surface area contributed by atoms with Gasteiger partial charge >= 0.3 is 0 Å². The van der Waals surface area contributed by atoms with Crippen LogP contribution in [0.2, 0.25) is 0 Å². The molecule has 1 aliphatic rings. The van der Waals surface area contributed by atoms with Crippen LogP contribution in [0.4, 0.5) is 0 Å². The molecule has 0 aliphatic carbocycles. The van der Waals surface area contributed by atoms with Crippen molar-refractivity contribution in [2.75, 3.05) is 26.3 Å². The van der Waals surface area contributed by atoms with Gasteiger partial charge in [-0.15, -0.1) is 0 Å². The third kappa shape index (κ3) is 2.98. The van der Waals surface area contributed by atoms with E-state index in [1.807, 2.05) is 13.8 Å². The highest BCUT2D eigenvalue weighted by Crippen LogP contribution is 2.25. The molecule has 1 rings (SSSR count). The Morgan fingerprint density at radius 1 is 1.54 bits per heavy atom. The van der Waals surface area contributed by atoms with Gasteiger partial charge in [-0.2, -0.15) is 5.26 Å². The van der Waals surface area contributed by atoms with Crippen LogP contribution in [0.3, 0.4) is 0 Å². The van der Waals surface area contributed by atoms with Crippen molar-refractivity contribution in [1.82, 2.24) is 5.32 Å². The van der Waals surface area contributed by atoms with Gasteiger partial charge in [-0.3, -0.25) is 0 Å². The lowest BCUT2D eigenvalue weighted by atomic mass is 9.88. The van der Waals surface area contributed by atoms with E-state index in [9.17, 15) is 0 Å². The van der Waals surface area contributed by atoms with Gasteiger partial charge in [0.05, 0.1) is 24.7 Å². The predicted octanol–water partition coefficient (Wildman–Crippen LogP) is 1.16. The number of nitrogens with one attached hydrogen (secondary N) is 1. The molecule has 74 valence electrons. The molecule has 0 aromatic heterocycles. The minimum Gasteiger partial charge on any atom is -0.380 e. The van der Waals surface area contributed by atoms with E-state index in [0.29, 0.717) is 5.41 Å². The zero-order chi connectivity index (χ0) is 9.95. The molecule has 0 bridgehead atoms. The molecular formula is C10H18N2O. The zero-order valence-electron chi connectivity index (χ0n) is 8.68. The molecule has 3 nitrogen and oxygen atoms in total. The number of hydrogen-bond donors (Lipinski definition) is 1. The zero-order valence-corrected chi connectivity index (χ0v) is 8.68. The molecule has 3 heteroatoms. The third-order valence-corrected chi connectivity index (χ3v) is 2.32. The van der Waals surface area contributed by atoms with Gasteiger partial charge in [0.25, 0.3) is 0 Å². The Morgan fingerprint density at radius 2 is 2.15 bits per heavy atom. The first-order valence-corrected chi connectivity index (χ1v) is 4.67. The fourth-order valence-electron chi connectivity index (χ4n) is 1.27. The van der Waals surface area contributed by atoms with Crippen LogP contribution >= 0.6 is 0 Å². The molecule has 0 amide bonds. The van der Waals surface area contributed by atoms with Crippen LogP contribution in [0.15, 0.2) is 0 Å². The highest BCUT2D eigenvalue weighted by molar-refractivity contribution is 4.94. The fourth-order valence-corrected chi connectivity index (χ4v) is 1.27. The topological polar surface area (TPSA) is 45.0 Å². The average molecular weight is 182 g/mol. The van der Waals surface area contributed by atoms with Gasteiger partial charge in [0, 0.05) is 18.5 Å². The first-order valence-electron chi connectivity index (χ1n) is 4.67. The lowest BCUT2D eigenvalue weighted by Crippen LogP contribution is -2.48. The summed E-state index contributed by atoms with van der Waals surface area (Å²) in [7, 11) is 0. The number of rotatable bonds is 4. The van der Waals surface area contributed by atoms with E-state index in [1.54, 1.807) is 0 Å². The summed E-state index contributed by atoms with van der Waals surface area (Å²) in [5, 5.41) is 12.1. The monoisotopic (exact) mass is 182 g/mol. The first kappa shape index (κ1) is 10.5. The summed E-state index contributed by atoms with van der Waals surface area (Å²) in [6.45, 7) is 9.46. The number of nitriles is 1. The molecule has 0 atom stereocenters. The van der Waals surface area contributed by atoms with Crippen molar-refractivity contribution < 1.29 is 4.74 Å². The van der Waals surface area contributed by atoms with Crippen LogP contribution < -0.4 is 5.32 Å². The highest BCUT2D eigenvalue weighted by atomic mass is 16.5. The Bertz CT molecular complexity index is 213. The molecule has 13 heavy (non-hydrogen) atoms. The lowest BCUT2D eigenvalue weighted by molar-refractivity contribution is -0.0993. The van der Waals surface area contributed by atoms with Crippen molar-refractivity contribution >= 4 is 0 Å². The quantitative estimate of drug-likeness (QED) is 0.709. The van der Waals surface area contributed by atoms with Gasteiger partial charge in [-0.1, -0.05) is 6.92 Å². The number of nitrogens with zero attached hydrogens (tertiary/aromatic N) is 1. The maximum Gasteiger partial charge on any atom is 0.0697 e. The van der Waals surface area contributed by atoms with Crippen molar-refractivity contribution in [3.05, 3.63) is 0 Å². The minimum atomic E-state index is -0.263.